The molecule has 0 bridgehead atoms. The van der Waals surface area contributed by atoms with E-state index in [1.54, 1.807) is 25.2 Å². The van der Waals surface area contributed by atoms with Gasteiger partial charge in [0.25, 0.3) is 5.56 Å². The Morgan fingerprint density at radius 3 is 2.48 bits per heavy atom. The molecule has 0 N–H and O–H groups in total. The third-order valence-electron chi connectivity index (χ3n) is 5.79. The van der Waals surface area contributed by atoms with Crippen LogP contribution in [0.3, 0.4) is 0 Å². The Kier molecular flexibility index (Phi) is 5.42. The molecule has 0 radical (unpaired) electrons. The maximum Gasteiger partial charge on any atom is 0.332 e. The summed E-state index contributed by atoms with van der Waals surface area (Å²) < 4.78 is 10.0. The van der Waals surface area contributed by atoms with E-state index < -0.39 is 5.69 Å². The standard InChI is InChI=1S/C23H21Cl2N5O3/c1-3-33-16-7-5-15(6-8-16)28-10-11-29-19-20(26-22(28)29)27(2)23(32)30(21(19)31)13-14-4-9-17(24)18(25)12-14/h4-9,12H,3,10-11,13H2,1-2H3. The van der Waals surface area contributed by atoms with Gasteiger partial charge in [-0.15, -0.1) is 0 Å². The number of rotatable bonds is 5. The molecule has 0 atom stereocenters. The van der Waals surface area contributed by atoms with Crippen molar-refractivity contribution in [2.24, 2.45) is 7.05 Å². The van der Waals surface area contributed by atoms with Crippen LogP contribution in [0, 0.1) is 0 Å². The van der Waals surface area contributed by atoms with E-state index in [0.717, 1.165) is 11.4 Å². The summed E-state index contributed by atoms with van der Waals surface area (Å²) in [7, 11) is 1.62. The first kappa shape index (κ1) is 21.6. The van der Waals surface area contributed by atoms with Gasteiger partial charge in [-0.2, -0.15) is 4.98 Å². The minimum atomic E-state index is -0.442. The molecule has 33 heavy (non-hydrogen) atoms. The van der Waals surface area contributed by atoms with Gasteiger partial charge >= 0.3 is 5.69 Å². The lowest BCUT2D eigenvalue weighted by atomic mass is 10.2. The van der Waals surface area contributed by atoms with E-state index in [1.165, 1.54) is 9.13 Å². The summed E-state index contributed by atoms with van der Waals surface area (Å²) in [5.74, 6) is 1.43. The van der Waals surface area contributed by atoms with Crippen LogP contribution in [0.5, 0.6) is 5.75 Å². The first-order valence-electron chi connectivity index (χ1n) is 10.5. The molecular weight excluding hydrogens is 465 g/mol. The van der Waals surface area contributed by atoms with Gasteiger partial charge in [-0.1, -0.05) is 29.3 Å². The molecule has 0 spiro atoms. The second-order valence-electron chi connectivity index (χ2n) is 7.80. The van der Waals surface area contributed by atoms with Crippen LogP contribution in [0.1, 0.15) is 12.5 Å². The zero-order chi connectivity index (χ0) is 23.3. The lowest BCUT2D eigenvalue weighted by Crippen LogP contribution is -2.40. The quantitative estimate of drug-likeness (QED) is 0.429. The van der Waals surface area contributed by atoms with Gasteiger partial charge in [0, 0.05) is 25.8 Å². The van der Waals surface area contributed by atoms with Gasteiger partial charge in [0.05, 0.1) is 23.2 Å². The fourth-order valence-corrected chi connectivity index (χ4v) is 4.49. The number of imidazole rings is 1. The number of aromatic nitrogens is 4. The molecule has 170 valence electrons. The first-order valence-corrected chi connectivity index (χ1v) is 11.3. The number of anilines is 2. The van der Waals surface area contributed by atoms with E-state index in [-0.39, 0.29) is 12.1 Å². The minimum absolute atomic E-state index is 0.0848. The molecule has 8 nitrogen and oxygen atoms in total. The SMILES string of the molecule is CCOc1ccc(N2CCn3c2nc2c3c(=O)n(Cc3ccc(Cl)c(Cl)c3)c(=O)n2C)cc1. The van der Waals surface area contributed by atoms with Crippen LogP contribution in [0.15, 0.2) is 52.1 Å². The Balaban J connectivity index is 1.60. The Morgan fingerprint density at radius 1 is 1.03 bits per heavy atom. The van der Waals surface area contributed by atoms with Crippen molar-refractivity contribution in [3.63, 3.8) is 0 Å². The van der Waals surface area contributed by atoms with Crippen molar-refractivity contribution in [1.82, 2.24) is 18.7 Å². The third kappa shape index (κ3) is 3.59. The van der Waals surface area contributed by atoms with Gasteiger partial charge in [-0.3, -0.25) is 13.9 Å². The van der Waals surface area contributed by atoms with Gasteiger partial charge < -0.3 is 14.2 Å². The van der Waals surface area contributed by atoms with Crippen molar-refractivity contribution in [2.75, 3.05) is 18.1 Å². The van der Waals surface area contributed by atoms with E-state index >= 15 is 0 Å². The largest absolute Gasteiger partial charge is 0.494 e. The van der Waals surface area contributed by atoms with E-state index in [9.17, 15) is 9.59 Å². The van der Waals surface area contributed by atoms with Crippen LogP contribution in [-0.4, -0.2) is 31.8 Å². The highest BCUT2D eigenvalue weighted by atomic mass is 35.5. The number of hydrogen-bond acceptors (Lipinski definition) is 5. The van der Waals surface area contributed by atoms with E-state index in [2.05, 4.69) is 4.98 Å². The predicted octanol–water partition coefficient (Wildman–Crippen LogP) is 3.80. The highest BCUT2D eigenvalue weighted by Gasteiger charge is 2.28. The zero-order valence-electron chi connectivity index (χ0n) is 18.1. The Hall–Kier alpha value is -3.23. The maximum absolute atomic E-state index is 13.4. The Bertz CT molecular complexity index is 1490. The molecule has 0 unspecified atom stereocenters. The van der Waals surface area contributed by atoms with Crippen LogP contribution < -0.4 is 20.9 Å². The molecule has 1 aliphatic rings. The van der Waals surface area contributed by atoms with E-state index in [1.807, 2.05) is 40.7 Å². The average Bonchev–Trinajstić information content (AvgIpc) is 3.38. The summed E-state index contributed by atoms with van der Waals surface area (Å²) in [5, 5.41) is 0.787. The smallest absolute Gasteiger partial charge is 0.332 e. The summed E-state index contributed by atoms with van der Waals surface area (Å²) in [5.41, 5.74) is 1.59. The number of halogens is 2. The maximum atomic E-state index is 13.4. The first-order chi connectivity index (χ1) is 15.9. The van der Waals surface area contributed by atoms with Gasteiger partial charge in [-0.25, -0.2) is 4.79 Å². The summed E-state index contributed by atoms with van der Waals surface area (Å²) >= 11 is 12.1. The minimum Gasteiger partial charge on any atom is -0.494 e. The fraction of sp³-hybridized carbons (Fsp3) is 0.261. The Labute approximate surface area is 199 Å². The average molecular weight is 486 g/mol. The van der Waals surface area contributed by atoms with Crippen LogP contribution in [0.25, 0.3) is 11.2 Å². The van der Waals surface area contributed by atoms with Crippen LogP contribution >= 0.6 is 23.2 Å². The van der Waals surface area contributed by atoms with Crippen molar-refractivity contribution in [3.8, 4) is 5.75 Å². The van der Waals surface area contributed by atoms with E-state index in [0.29, 0.717) is 52.4 Å². The monoisotopic (exact) mass is 485 g/mol. The number of benzene rings is 2. The molecule has 2 aromatic carbocycles. The van der Waals surface area contributed by atoms with Gasteiger partial charge in [0.1, 0.15) is 5.75 Å². The van der Waals surface area contributed by atoms with E-state index in [4.69, 9.17) is 27.9 Å². The van der Waals surface area contributed by atoms with Crippen molar-refractivity contribution in [3.05, 3.63) is 78.9 Å². The van der Waals surface area contributed by atoms with Crippen LogP contribution in [0.4, 0.5) is 11.6 Å². The lowest BCUT2D eigenvalue weighted by Gasteiger charge is -2.16. The summed E-state index contributed by atoms with van der Waals surface area (Å²) in [6.07, 6.45) is 0. The highest BCUT2D eigenvalue weighted by Crippen LogP contribution is 2.32. The van der Waals surface area contributed by atoms with Crippen molar-refractivity contribution in [1.29, 1.82) is 0 Å². The molecule has 1 aliphatic heterocycles. The molecule has 10 heteroatoms. The molecule has 0 amide bonds. The van der Waals surface area contributed by atoms with Gasteiger partial charge in [-0.05, 0) is 48.9 Å². The molecule has 2 aromatic heterocycles. The van der Waals surface area contributed by atoms with Crippen molar-refractivity contribution in [2.45, 2.75) is 20.0 Å². The summed E-state index contributed by atoms with van der Waals surface area (Å²) in [6, 6.07) is 12.8. The van der Waals surface area contributed by atoms with Gasteiger partial charge in [0.15, 0.2) is 11.2 Å². The predicted molar refractivity (Wildman–Crippen MR) is 129 cm³/mol. The molecule has 0 saturated carbocycles. The third-order valence-corrected chi connectivity index (χ3v) is 6.52. The number of nitrogens with zero attached hydrogens (tertiary/aromatic N) is 5. The molecular formula is C23H21Cl2N5O3. The summed E-state index contributed by atoms with van der Waals surface area (Å²) in [6.45, 7) is 3.87. The van der Waals surface area contributed by atoms with Crippen molar-refractivity contribution < 1.29 is 4.74 Å². The molecule has 0 aliphatic carbocycles. The number of ether oxygens (including phenoxy) is 1. The molecule has 0 fully saturated rings. The van der Waals surface area contributed by atoms with Crippen LogP contribution in [-0.2, 0) is 20.1 Å². The molecule has 3 heterocycles. The second kappa shape index (κ2) is 8.28. The number of aryl methyl sites for hydroxylation is 1. The fourth-order valence-electron chi connectivity index (χ4n) is 4.17. The molecule has 0 saturated heterocycles. The topological polar surface area (TPSA) is 74.3 Å². The normalized spacial score (nSPS) is 13.0. The number of fused-ring (bicyclic) bond motifs is 3. The number of hydrogen-bond donors (Lipinski definition) is 0. The van der Waals surface area contributed by atoms with Gasteiger partial charge in [0.2, 0.25) is 5.95 Å². The second-order valence-corrected chi connectivity index (χ2v) is 8.61. The molecule has 4 aromatic rings. The summed E-state index contributed by atoms with van der Waals surface area (Å²) in [4.78, 5) is 33.2. The zero-order valence-corrected chi connectivity index (χ0v) is 19.6. The lowest BCUT2D eigenvalue weighted by molar-refractivity contribution is 0.340. The van der Waals surface area contributed by atoms with Crippen molar-refractivity contribution >= 4 is 46.0 Å². The Morgan fingerprint density at radius 2 is 1.79 bits per heavy atom. The highest BCUT2D eigenvalue weighted by molar-refractivity contribution is 6.42. The molecule has 5 rings (SSSR count). The van der Waals surface area contributed by atoms with Crippen LogP contribution in [0.2, 0.25) is 10.0 Å².